The van der Waals surface area contributed by atoms with E-state index >= 15 is 0 Å². The number of Topliss-reactive ketones (excluding diaryl/α,β-unsaturated/α-hetero) is 1. The third-order valence-corrected chi connectivity index (χ3v) is 4.03. The number of ketones is 1. The molecule has 0 bridgehead atoms. The molecule has 0 unspecified atom stereocenters. The summed E-state index contributed by atoms with van der Waals surface area (Å²) in [6, 6.07) is 9.82. The van der Waals surface area contributed by atoms with Gasteiger partial charge in [-0.1, -0.05) is 33.6 Å². The topological polar surface area (TPSA) is 26.3 Å². The lowest BCUT2D eigenvalue weighted by Gasteiger charge is -2.14. The summed E-state index contributed by atoms with van der Waals surface area (Å²) in [5.41, 5.74) is 5.47. The van der Waals surface area contributed by atoms with Crippen molar-refractivity contribution in [1.82, 2.24) is 0 Å². The minimum atomic E-state index is 0.00338. The molecule has 0 fully saturated rings. The highest BCUT2D eigenvalue weighted by molar-refractivity contribution is 9.10. The van der Waals surface area contributed by atoms with E-state index < -0.39 is 0 Å². The fourth-order valence-electron chi connectivity index (χ4n) is 2.49. The Kier molecular flexibility index (Phi) is 4.84. The first-order valence-corrected chi connectivity index (χ1v) is 7.68. The van der Waals surface area contributed by atoms with Gasteiger partial charge in [0.25, 0.3) is 0 Å². The molecule has 0 aromatic heterocycles. The number of halogens is 1. The van der Waals surface area contributed by atoms with Crippen LogP contribution in [0.4, 0.5) is 0 Å². The van der Waals surface area contributed by atoms with E-state index in [0.29, 0.717) is 17.9 Å². The molecule has 110 valence electrons. The van der Waals surface area contributed by atoms with Crippen LogP contribution in [0.3, 0.4) is 0 Å². The Hall–Kier alpha value is -1.61. The Morgan fingerprint density at radius 2 is 1.71 bits per heavy atom. The second-order valence-corrected chi connectivity index (χ2v) is 6.28. The Morgan fingerprint density at radius 1 is 1.10 bits per heavy atom. The Labute approximate surface area is 134 Å². The molecule has 3 heteroatoms. The number of carbonyl (C=O) groups is 1. The minimum absolute atomic E-state index is 0.00338. The van der Waals surface area contributed by atoms with Crippen LogP contribution < -0.4 is 4.74 Å². The standard InChI is InChI=1S/C18H19BrO2/c1-11-7-12(2)17(13(3)8-11)10-21-18-6-5-15(19)9-16(18)14(4)20/h5-9H,10H2,1-4H3. The first-order valence-electron chi connectivity index (χ1n) is 6.88. The largest absolute Gasteiger partial charge is 0.488 e. The summed E-state index contributed by atoms with van der Waals surface area (Å²) in [5, 5.41) is 0. The molecule has 0 heterocycles. The van der Waals surface area contributed by atoms with E-state index in [2.05, 4.69) is 48.8 Å². The molecule has 2 nitrogen and oxygen atoms in total. The zero-order valence-electron chi connectivity index (χ0n) is 12.8. The highest BCUT2D eigenvalue weighted by Gasteiger charge is 2.11. The van der Waals surface area contributed by atoms with Crippen LogP contribution in [0.15, 0.2) is 34.8 Å². The molecule has 0 aliphatic rings. The summed E-state index contributed by atoms with van der Waals surface area (Å²) >= 11 is 3.38. The summed E-state index contributed by atoms with van der Waals surface area (Å²) < 4.78 is 6.78. The monoisotopic (exact) mass is 346 g/mol. The lowest BCUT2D eigenvalue weighted by Crippen LogP contribution is -2.04. The summed E-state index contributed by atoms with van der Waals surface area (Å²) in [6.45, 7) is 8.29. The fourth-order valence-corrected chi connectivity index (χ4v) is 2.85. The van der Waals surface area contributed by atoms with Crippen LogP contribution in [-0.2, 0) is 6.61 Å². The Bertz CT molecular complexity index is 667. The van der Waals surface area contributed by atoms with Crippen LogP contribution in [0, 0.1) is 20.8 Å². The van der Waals surface area contributed by atoms with Gasteiger partial charge in [0.15, 0.2) is 5.78 Å². The van der Waals surface area contributed by atoms with Crippen molar-refractivity contribution >= 4 is 21.7 Å². The summed E-state index contributed by atoms with van der Waals surface area (Å²) in [4.78, 5) is 11.7. The van der Waals surface area contributed by atoms with E-state index in [0.717, 1.165) is 4.47 Å². The molecule has 21 heavy (non-hydrogen) atoms. The number of hydrogen-bond acceptors (Lipinski definition) is 2. The third-order valence-electron chi connectivity index (χ3n) is 3.53. The van der Waals surface area contributed by atoms with Crippen LogP contribution in [0.1, 0.15) is 39.5 Å². The number of carbonyl (C=O) groups excluding carboxylic acids is 1. The Balaban J connectivity index is 2.27. The molecule has 0 amide bonds. The molecule has 2 aromatic rings. The van der Waals surface area contributed by atoms with Gasteiger partial charge in [-0.05, 0) is 62.6 Å². The van der Waals surface area contributed by atoms with E-state index in [1.54, 1.807) is 13.0 Å². The van der Waals surface area contributed by atoms with Crippen molar-refractivity contribution in [2.24, 2.45) is 0 Å². The predicted molar refractivity (Wildman–Crippen MR) is 89.1 cm³/mol. The van der Waals surface area contributed by atoms with Crippen LogP contribution >= 0.6 is 15.9 Å². The second-order valence-electron chi connectivity index (χ2n) is 5.36. The van der Waals surface area contributed by atoms with Crippen LogP contribution in [0.2, 0.25) is 0 Å². The summed E-state index contributed by atoms with van der Waals surface area (Å²) in [6.07, 6.45) is 0. The molecule has 0 N–H and O–H groups in total. The quantitative estimate of drug-likeness (QED) is 0.715. The number of benzene rings is 2. The second kappa shape index (κ2) is 6.44. The van der Waals surface area contributed by atoms with Crippen molar-refractivity contribution in [2.45, 2.75) is 34.3 Å². The van der Waals surface area contributed by atoms with Gasteiger partial charge in [0.2, 0.25) is 0 Å². The summed E-state index contributed by atoms with van der Waals surface area (Å²) in [5.74, 6) is 0.633. The molecule has 0 spiro atoms. The molecule has 0 saturated carbocycles. The molecule has 2 aromatic carbocycles. The van der Waals surface area contributed by atoms with Gasteiger partial charge >= 0.3 is 0 Å². The van der Waals surface area contributed by atoms with Crippen molar-refractivity contribution < 1.29 is 9.53 Å². The van der Waals surface area contributed by atoms with Crippen LogP contribution in [0.5, 0.6) is 5.75 Å². The van der Waals surface area contributed by atoms with Gasteiger partial charge in [0, 0.05) is 4.47 Å². The average Bonchev–Trinajstić information content (AvgIpc) is 2.38. The van der Waals surface area contributed by atoms with Crippen LogP contribution in [-0.4, -0.2) is 5.78 Å². The van der Waals surface area contributed by atoms with Gasteiger partial charge in [0.05, 0.1) is 5.56 Å². The fraction of sp³-hybridized carbons (Fsp3) is 0.278. The van der Waals surface area contributed by atoms with Gasteiger partial charge in [0.1, 0.15) is 12.4 Å². The summed E-state index contributed by atoms with van der Waals surface area (Å²) in [7, 11) is 0. The van der Waals surface area contributed by atoms with E-state index in [1.807, 2.05) is 12.1 Å². The van der Waals surface area contributed by atoms with E-state index in [4.69, 9.17) is 4.74 Å². The van der Waals surface area contributed by atoms with Crippen molar-refractivity contribution in [3.63, 3.8) is 0 Å². The maximum Gasteiger partial charge on any atom is 0.163 e. The molecule has 2 rings (SSSR count). The third kappa shape index (κ3) is 3.73. The molecular formula is C18H19BrO2. The molecule has 0 radical (unpaired) electrons. The maximum atomic E-state index is 11.7. The number of hydrogen-bond donors (Lipinski definition) is 0. The zero-order valence-corrected chi connectivity index (χ0v) is 14.4. The molecule has 0 aliphatic carbocycles. The zero-order chi connectivity index (χ0) is 15.6. The van der Waals surface area contributed by atoms with E-state index in [1.165, 1.54) is 22.3 Å². The lowest BCUT2D eigenvalue weighted by atomic mass is 10.0. The molecule has 0 saturated heterocycles. The molecule has 0 atom stereocenters. The van der Waals surface area contributed by atoms with E-state index in [-0.39, 0.29) is 5.78 Å². The van der Waals surface area contributed by atoms with Crippen molar-refractivity contribution in [3.05, 3.63) is 62.6 Å². The van der Waals surface area contributed by atoms with Gasteiger partial charge in [-0.25, -0.2) is 0 Å². The normalized spacial score (nSPS) is 10.5. The van der Waals surface area contributed by atoms with Crippen molar-refractivity contribution in [1.29, 1.82) is 0 Å². The van der Waals surface area contributed by atoms with Gasteiger partial charge in [-0.15, -0.1) is 0 Å². The number of rotatable bonds is 4. The maximum absolute atomic E-state index is 11.7. The highest BCUT2D eigenvalue weighted by atomic mass is 79.9. The van der Waals surface area contributed by atoms with Crippen molar-refractivity contribution in [2.75, 3.05) is 0 Å². The number of aryl methyl sites for hydroxylation is 3. The average molecular weight is 347 g/mol. The smallest absolute Gasteiger partial charge is 0.163 e. The molecular weight excluding hydrogens is 328 g/mol. The molecule has 0 aliphatic heterocycles. The van der Waals surface area contributed by atoms with Gasteiger partial charge < -0.3 is 4.74 Å². The van der Waals surface area contributed by atoms with Gasteiger partial charge in [-0.3, -0.25) is 4.79 Å². The highest BCUT2D eigenvalue weighted by Crippen LogP contribution is 2.26. The van der Waals surface area contributed by atoms with Crippen LogP contribution in [0.25, 0.3) is 0 Å². The minimum Gasteiger partial charge on any atom is -0.488 e. The Morgan fingerprint density at radius 3 is 2.29 bits per heavy atom. The SMILES string of the molecule is CC(=O)c1cc(Br)ccc1OCc1c(C)cc(C)cc1C. The predicted octanol–water partition coefficient (Wildman–Crippen LogP) is 5.16. The first kappa shape index (κ1) is 15.8. The number of ether oxygens (including phenoxy) is 1. The lowest BCUT2D eigenvalue weighted by molar-refractivity contribution is 0.101. The van der Waals surface area contributed by atoms with Crippen molar-refractivity contribution in [3.8, 4) is 5.75 Å². The van der Waals surface area contributed by atoms with Gasteiger partial charge in [-0.2, -0.15) is 0 Å². The van der Waals surface area contributed by atoms with E-state index in [9.17, 15) is 4.79 Å². The first-order chi connectivity index (χ1) is 9.88.